The van der Waals surface area contributed by atoms with Crippen molar-refractivity contribution in [2.24, 2.45) is 0 Å². The minimum Gasteiger partial charge on any atom is -0.456 e. The zero-order valence-electron chi connectivity index (χ0n) is 20.2. The maximum atomic E-state index is 13.3. The van der Waals surface area contributed by atoms with Gasteiger partial charge in [0.25, 0.3) is 0 Å². The number of rotatable bonds is 10. The Hall–Kier alpha value is -2.19. The molecule has 0 aromatic heterocycles. The summed E-state index contributed by atoms with van der Waals surface area (Å²) in [6, 6.07) is 19.3. The molecular weight excluding hydrogens is 452 g/mol. The first-order chi connectivity index (χ1) is 16.3. The van der Waals surface area contributed by atoms with Crippen molar-refractivity contribution in [3.63, 3.8) is 0 Å². The van der Waals surface area contributed by atoms with Crippen LogP contribution in [0.2, 0.25) is 0 Å². The Morgan fingerprint density at radius 3 is 2.03 bits per heavy atom. The number of carbonyl (C=O) groups excluding carboxylic acids is 2. The third kappa shape index (κ3) is 5.38. The van der Waals surface area contributed by atoms with Gasteiger partial charge in [-0.05, 0) is 24.5 Å². The van der Waals surface area contributed by atoms with Crippen LogP contribution >= 0.6 is 12.6 Å². The van der Waals surface area contributed by atoms with E-state index in [9.17, 15) is 9.59 Å². The number of ether oxygens (including phenoxy) is 4. The summed E-state index contributed by atoms with van der Waals surface area (Å²) < 4.78 is 25.0. The van der Waals surface area contributed by atoms with Crippen molar-refractivity contribution < 1.29 is 28.5 Å². The van der Waals surface area contributed by atoms with Crippen LogP contribution in [0.4, 0.5) is 0 Å². The Kier molecular flexibility index (Phi) is 8.93. The Morgan fingerprint density at radius 2 is 1.53 bits per heavy atom. The lowest BCUT2D eigenvalue weighted by Gasteiger charge is -2.56. The molecule has 1 heterocycles. The summed E-state index contributed by atoms with van der Waals surface area (Å²) in [7, 11) is 0. The maximum Gasteiger partial charge on any atom is 0.303 e. The second-order valence-electron chi connectivity index (χ2n) is 8.55. The third-order valence-corrected chi connectivity index (χ3v) is 7.03. The summed E-state index contributed by atoms with van der Waals surface area (Å²) in [5.41, 5.74) is 0.506. The lowest BCUT2D eigenvalue weighted by atomic mass is 9.77. The standard InChI is InChI=1S/C27H34O6S/c1-5-23(29)27(34)26(6-2,31-18-22-15-11-8-12-16-22)25(32-20(4)28)24(19(3)33-27)30-17-21-13-9-7-10-14-21/h7-16,19,24-25,34H,5-6,17-18H2,1-4H3/t19-,24+,25+,26-,27+/m0/s1. The van der Waals surface area contributed by atoms with Crippen molar-refractivity contribution in [3.8, 4) is 0 Å². The number of benzene rings is 2. The van der Waals surface area contributed by atoms with Gasteiger partial charge in [-0.3, -0.25) is 9.59 Å². The first-order valence-electron chi connectivity index (χ1n) is 11.7. The molecule has 1 aliphatic heterocycles. The van der Waals surface area contributed by atoms with Crippen LogP contribution in [-0.2, 0) is 41.8 Å². The number of hydrogen-bond donors (Lipinski definition) is 1. The van der Waals surface area contributed by atoms with Crippen LogP contribution in [0.3, 0.4) is 0 Å². The Balaban J connectivity index is 2.03. The van der Waals surface area contributed by atoms with Crippen molar-refractivity contribution in [2.45, 2.75) is 82.6 Å². The van der Waals surface area contributed by atoms with E-state index in [0.29, 0.717) is 6.42 Å². The van der Waals surface area contributed by atoms with Gasteiger partial charge in [0.2, 0.25) is 4.93 Å². The summed E-state index contributed by atoms with van der Waals surface area (Å²) in [5.74, 6) is -0.732. The molecule has 2 aromatic carbocycles. The molecule has 0 bridgehead atoms. The van der Waals surface area contributed by atoms with Gasteiger partial charge in [0.1, 0.15) is 6.10 Å². The maximum absolute atomic E-state index is 13.3. The topological polar surface area (TPSA) is 71.1 Å². The molecule has 0 saturated carbocycles. The van der Waals surface area contributed by atoms with Crippen molar-refractivity contribution >= 4 is 24.4 Å². The predicted octanol–water partition coefficient (Wildman–Crippen LogP) is 4.89. The van der Waals surface area contributed by atoms with Gasteiger partial charge in [0, 0.05) is 13.3 Å². The molecule has 0 aliphatic carbocycles. The fourth-order valence-electron chi connectivity index (χ4n) is 4.52. The van der Waals surface area contributed by atoms with Gasteiger partial charge in [-0.15, -0.1) is 12.6 Å². The highest BCUT2D eigenvalue weighted by Crippen LogP contribution is 2.49. The van der Waals surface area contributed by atoms with Crippen LogP contribution < -0.4 is 0 Å². The number of thiol groups is 1. The molecule has 6 nitrogen and oxygen atoms in total. The van der Waals surface area contributed by atoms with Gasteiger partial charge in [0.05, 0.1) is 19.3 Å². The van der Waals surface area contributed by atoms with Crippen LogP contribution in [0.25, 0.3) is 0 Å². The lowest BCUT2D eigenvalue weighted by molar-refractivity contribution is -0.301. The predicted molar refractivity (Wildman–Crippen MR) is 132 cm³/mol. The average Bonchev–Trinajstić information content (AvgIpc) is 2.84. The Labute approximate surface area is 207 Å². The highest BCUT2D eigenvalue weighted by molar-refractivity contribution is 7.82. The molecule has 0 unspecified atom stereocenters. The number of Topliss-reactive ketones (excluding diaryl/α,β-unsaturated/α-hetero) is 1. The van der Waals surface area contributed by atoms with Crippen LogP contribution in [0.1, 0.15) is 51.7 Å². The second-order valence-corrected chi connectivity index (χ2v) is 9.18. The summed E-state index contributed by atoms with van der Waals surface area (Å²) >= 11 is 4.81. The molecule has 1 fully saturated rings. The van der Waals surface area contributed by atoms with E-state index in [1.807, 2.05) is 67.6 Å². The first kappa shape index (κ1) is 26.4. The SMILES string of the molecule is CCC(=O)[C@]1(S)O[C@@H](C)[C@@H](OCc2ccccc2)[C@@H](OC(C)=O)[C@]1(CC)OCc1ccccc1. The smallest absolute Gasteiger partial charge is 0.303 e. The van der Waals surface area contributed by atoms with Crippen LogP contribution in [0.5, 0.6) is 0 Å². The highest BCUT2D eigenvalue weighted by atomic mass is 32.1. The zero-order valence-corrected chi connectivity index (χ0v) is 21.1. The highest BCUT2D eigenvalue weighted by Gasteiger charge is 2.67. The van der Waals surface area contributed by atoms with Gasteiger partial charge >= 0.3 is 5.97 Å². The van der Waals surface area contributed by atoms with Gasteiger partial charge in [0.15, 0.2) is 17.5 Å². The number of esters is 1. The molecule has 5 atom stereocenters. The molecule has 3 rings (SSSR count). The molecule has 2 aromatic rings. The van der Waals surface area contributed by atoms with E-state index in [2.05, 4.69) is 0 Å². The Morgan fingerprint density at radius 1 is 0.971 bits per heavy atom. The molecule has 0 spiro atoms. The van der Waals surface area contributed by atoms with Gasteiger partial charge in [-0.25, -0.2) is 0 Å². The van der Waals surface area contributed by atoms with E-state index in [-0.39, 0.29) is 25.4 Å². The Bertz CT molecular complexity index is 952. The fraction of sp³-hybridized carbons (Fsp3) is 0.481. The number of hydrogen-bond acceptors (Lipinski definition) is 7. The summed E-state index contributed by atoms with van der Waals surface area (Å²) in [6.07, 6.45) is -1.68. The molecule has 184 valence electrons. The molecule has 0 amide bonds. The average molecular weight is 487 g/mol. The quantitative estimate of drug-likeness (QED) is 0.381. The summed E-state index contributed by atoms with van der Waals surface area (Å²) in [5, 5.41) is 0. The molecule has 34 heavy (non-hydrogen) atoms. The number of ketones is 1. The van der Waals surface area contributed by atoms with Crippen molar-refractivity contribution in [1.29, 1.82) is 0 Å². The van der Waals surface area contributed by atoms with E-state index in [1.165, 1.54) is 6.92 Å². The molecular formula is C27H34O6S. The largest absolute Gasteiger partial charge is 0.456 e. The van der Waals surface area contributed by atoms with E-state index in [4.69, 9.17) is 31.6 Å². The third-order valence-electron chi connectivity index (χ3n) is 6.29. The van der Waals surface area contributed by atoms with E-state index in [1.54, 1.807) is 13.8 Å². The minimum atomic E-state index is -1.63. The summed E-state index contributed by atoms with van der Waals surface area (Å²) in [6.45, 7) is 7.25. The van der Waals surface area contributed by atoms with Gasteiger partial charge in [-0.1, -0.05) is 74.5 Å². The van der Waals surface area contributed by atoms with E-state index < -0.39 is 34.8 Å². The zero-order chi connectivity index (χ0) is 24.8. The van der Waals surface area contributed by atoms with Crippen molar-refractivity contribution in [1.82, 2.24) is 0 Å². The normalized spacial score (nSPS) is 28.9. The van der Waals surface area contributed by atoms with E-state index in [0.717, 1.165) is 11.1 Å². The second kappa shape index (κ2) is 11.5. The van der Waals surface area contributed by atoms with Crippen LogP contribution in [-0.4, -0.2) is 40.6 Å². The number of carbonyl (C=O) groups is 2. The van der Waals surface area contributed by atoms with Crippen LogP contribution in [0.15, 0.2) is 60.7 Å². The van der Waals surface area contributed by atoms with Gasteiger partial charge < -0.3 is 18.9 Å². The monoisotopic (exact) mass is 486 g/mol. The minimum absolute atomic E-state index is 0.189. The molecule has 0 radical (unpaired) electrons. The van der Waals surface area contributed by atoms with Crippen molar-refractivity contribution in [2.75, 3.05) is 0 Å². The first-order valence-corrected chi connectivity index (χ1v) is 12.2. The van der Waals surface area contributed by atoms with E-state index >= 15 is 0 Å². The molecule has 1 saturated heterocycles. The fourth-order valence-corrected chi connectivity index (χ4v) is 5.20. The van der Waals surface area contributed by atoms with Gasteiger partial charge in [-0.2, -0.15) is 0 Å². The van der Waals surface area contributed by atoms with Crippen LogP contribution in [0, 0.1) is 0 Å². The molecule has 7 heteroatoms. The lowest BCUT2D eigenvalue weighted by Crippen LogP contribution is -2.74. The van der Waals surface area contributed by atoms with Crippen molar-refractivity contribution in [3.05, 3.63) is 71.8 Å². The summed E-state index contributed by atoms with van der Waals surface area (Å²) in [4.78, 5) is 23.9. The molecule has 1 aliphatic rings. The molecule has 0 N–H and O–H groups in total.